The van der Waals surface area contributed by atoms with Crippen molar-refractivity contribution < 1.29 is 4.74 Å². The number of methoxy groups -OCH3 is 1. The molecule has 20 heavy (non-hydrogen) atoms. The standard InChI is InChI=1S/C14H21N5O/c1-9(2)13(20-5)14-17-11(6-12(15-3)18-14)10-7-16-19(4)8-10/h6-9,13H,1-5H3,(H,15,17,18). The number of aromatic nitrogens is 4. The largest absolute Gasteiger partial charge is 0.373 e. The molecule has 2 aromatic heterocycles. The molecule has 1 unspecified atom stereocenters. The van der Waals surface area contributed by atoms with Crippen LogP contribution in [0.3, 0.4) is 0 Å². The molecule has 2 heterocycles. The molecule has 2 rings (SSSR count). The summed E-state index contributed by atoms with van der Waals surface area (Å²) in [5, 5.41) is 7.25. The van der Waals surface area contributed by atoms with Gasteiger partial charge >= 0.3 is 0 Å². The Labute approximate surface area is 119 Å². The molecule has 0 spiro atoms. The number of hydrogen-bond donors (Lipinski definition) is 1. The third-order valence-corrected chi connectivity index (χ3v) is 3.11. The van der Waals surface area contributed by atoms with Crippen molar-refractivity contribution in [3.63, 3.8) is 0 Å². The molecule has 0 aliphatic carbocycles. The van der Waals surface area contributed by atoms with Gasteiger partial charge in [0.2, 0.25) is 0 Å². The molecule has 0 fully saturated rings. The molecule has 0 aliphatic heterocycles. The van der Waals surface area contributed by atoms with Crippen molar-refractivity contribution in [2.45, 2.75) is 20.0 Å². The molecule has 0 saturated heterocycles. The fourth-order valence-electron chi connectivity index (χ4n) is 2.10. The van der Waals surface area contributed by atoms with Gasteiger partial charge in [0.1, 0.15) is 11.9 Å². The molecule has 0 aliphatic rings. The lowest BCUT2D eigenvalue weighted by Gasteiger charge is -2.19. The molecule has 0 saturated carbocycles. The highest BCUT2D eigenvalue weighted by Gasteiger charge is 2.20. The third kappa shape index (κ3) is 2.96. The Morgan fingerprint density at radius 2 is 2.05 bits per heavy atom. The van der Waals surface area contributed by atoms with Gasteiger partial charge in [0.05, 0.1) is 11.9 Å². The zero-order valence-electron chi connectivity index (χ0n) is 12.6. The molecule has 0 bridgehead atoms. The maximum absolute atomic E-state index is 5.52. The summed E-state index contributed by atoms with van der Waals surface area (Å²) in [6.07, 6.45) is 3.60. The van der Waals surface area contributed by atoms with E-state index >= 15 is 0 Å². The normalized spacial score (nSPS) is 12.7. The smallest absolute Gasteiger partial charge is 0.160 e. The molecular formula is C14H21N5O. The second kappa shape index (κ2) is 6.00. The summed E-state index contributed by atoms with van der Waals surface area (Å²) < 4.78 is 7.28. The molecule has 6 heteroatoms. The van der Waals surface area contributed by atoms with Crippen LogP contribution in [0.1, 0.15) is 25.8 Å². The van der Waals surface area contributed by atoms with E-state index in [1.165, 1.54) is 0 Å². The van der Waals surface area contributed by atoms with Crippen LogP contribution in [0.4, 0.5) is 5.82 Å². The minimum atomic E-state index is -0.126. The summed E-state index contributed by atoms with van der Waals surface area (Å²) in [7, 11) is 5.41. The van der Waals surface area contributed by atoms with Gasteiger partial charge in [0.25, 0.3) is 0 Å². The second-order valence-electron chi connectivity index (χ2n) is 5.05. The number of aryl methyl sites for hydroxylation is 1. The first-order valence-electron chi connectivity index (χ1n) is 6.63. The maximum Gasteiger partial charge on any atom is 0.160 e. The van der Waals surface area contributed by atoms with Crippen molar-refractivity contribution in [1.82, 2.24) is 19.7 Å². The number of anilines is 1. The van der Waals surface area contributed by atoms with Crippen LogP contribution in [0, 0.1) is 5.92 Å². The van der Waals surface area contributed by atoms with E-state index < -0.39 is 0 Å². The molecule has 1 N–H and O–H groups in total. The molecule has 0 radical (unpaired) electrons. The summed E-state index contributed by atoms with van der Waals surface area (Å²) in [5.74, 6) is 1.76. The zero-order chi connectivity index (χ0) is 14.7. The first-order valence-corrected chi connectivity index (χ1v) is 6.63. The minimum Gasteiger partial charge on any atom is -0.373 e. The van der Waals surface area contributed by atoms with Crippen LogP contribution >= 0.6 is 0 Å². The van der Waals surface area contributed by atoms with Gasteiger partial charge in [0.15, 0.2) is 5.82 Å². The number of nitrogens with zero attached hydrogens (tertiary/aromatic N) is 4. The summed E-state index contributed by atoms with van der Waals surface area (Å²) in [4.78, 5) is 9.13. The summed E-state index contributed by atoms with van der Waals surface area (Å²) in [6.45, 7) is 4.18. The van der Waals surface area contributed by atoms with Crippen LogP contribution in [0.2, 0.25) is 0 Å². The van der Waals surface area contributed by atoms with E-state index in [1.807, 2.05) is 26.4 Å². The number of ether oxygens (including phenoxy) is 1. The Kier molecular flexibility index (Phi) is 4.34. The van der Waals surface area contributed by atoms with Gasteiger partial charge < -0.3 is 10.1 Å². The van der Waals surface area contributed by atoms with Crippen LogP contribution in [0.15, 0.2) is 18.5 Å². The van der Waals surface area contributed by atoms with E-state index in [2.05, 4.69) is 34.2 Å². The Morgan fingerprint density at radius 3 is 2.55 bits per heavy atom. The predicted molar refractivity (Wildman–Crippen MR) is 78.4 cm³/mol. The first-order chi connectivity index (χ1) is 9.55. The van der Waals surface area contributed by atoms with Crippen molar-refractivity contribution in [1.29, 1.82) is 0 Å². The quantitative estimate of drug-likeness (QED) is 0.906. The van der Waals surface area contributed by atoms with E-state index in [1.54, 1.807) is 18.0 Å². The summed E-state index contributed by atoms with van der Waals surface area (Å²) in [5.41, 5.74) is 1.81. The Hall–Kier alpha value is -1.95. The lowest BCUT2D eigenvalue weighted by Crippen LogP contribution is -2.14. The maximum atomic E-state index is 5.52. The van der Waals surface area contributed by atoms with Gasteiger partial charge in [-0.15, -0.1) is 0 Å². The van der Waals surface area contributed by atoms with E-state index in [0.717, 1.165) is 17.1 Å². The SMILES string of the molecule is CNc1cc(-c2cnn(C)c2)nc(C(OC)C(C)C)n1. The van der Waals surface area contributed by atoms with Gasteiger partial charge in [-0.3, -0.25) is 4.68 Å². The number of nitrogens with one attached hydrogen (secondary N) is 1. The van der Waals surface area contributed by atoms with Crippen LogP contribution in [0.25, 0.3) is 11.3 Å². The minimum absolute atomic E-state index is 0.126. The second-order valence-corrected chi connectivity index (χ2v) is 5.05. The van der Waals surface area contributed by atoms with Crippen LogP contribution in [0.5, 0.6) is 0 Å². The highest BCUT2D eigenvalue weighted by atomic mass is 16.5. The van der Waals surface area contributed by atoms with Crippen molar-refractivity contribution in [2.24, 2.45) is 13.0 Å². The first kappa shape index (κ1) is 14.5. The highest BCUT2D eigenvalue weighted by molar-refractivity contribution is 5.60. The molecule has 0 amide bonds. The third-order valence-electron chi connectivity index (χ3n) is 3.11. The van der Waals surface area contributed by atoms with Gasteiger partial charge in [0, 0.05) is 39.0 Å². The van der Waals surface area contributed by atoms with E-state index in [4.69, 9.17) is 4.74 Å². The Bertz CT molecular complexity index is 579. The fourth-order valence-corrected chi connectivity index (χ4v) is 2.10. The number of hydrogen-bond acceptors (Lipinski definition) is 5. The van der Waals surface area contributed by atoms with Crippen LogP contribution < -0.4 is 5.32 Å². The lowest BCUT2D eigenvalue weighted by atomic mass is 10.1. The van der Waals surface area contributed by atoms with Gasteiger partial charge in [-0.25, -0.2) is 9.97 Å². The predicted octanol–water partition coefficient (Wildman–Crippen LogP) is 2.26. The van der Waals surface area contributed by atoms with Gasteiger partial charge in [-0.05, 0) is 5.92 Å². The molecular weight excluding hydrogens is 254 g/mol. The van der Waals surface area contributed by atoms with E-state index in [9.17, 15) is 0 Å². The van der Waals surface area contributed by atoms with Gasteiger partial charge in [-0.2, -0.15) is 5.10 Å². The average Bonchev–Trinajstić information content (AvgIpc) is 2.85. The summed E-state index contributed by atoms with van der Waals surface area (Å²) >= 11 is 0. The van der Waals surface area contributed by atoms with Crippen molar-refractivity contribution >= 4 is 5.82 Å². The van der Waals surface area contributed by atoms with Gasteiger partial charge in [-0.1, -0.05) is 13.8 Å². The molecule has 1 atom stereocenters. The molecule has 6 nitrogen and oxygen atoms in total. The van der Waals surface area contributed by atoms with Crippen LogP contribution in [-0.2, 0) is 11.8 Å². The topological polar surface area (TPSA) is 64.9 Å². The van der Waals surface area contributed by atoms with Crippen molar-refractivity contribution in [3.05, 3.63) is 24.3 Å². The molecule has 0 aromatic carbocycles. The van der Waals surface area contributed by atoms with Crippen molar-refractivity contribution in [2.75, 3.05) is 19.5 Å². The van der Waals surface area contributed by atoms with E-state index in [0.29, 0.717) is 11.7 Å². The summed E-state index contributed by atoms with van der Waals surface area (Å²) in [6, 6.07) is 1.91. The number of rotatable bonds is 5. The zero-order valence-corrected chi connectivity index (χ0v) is 12.6. The monoisotopic (exact) mass is 275 g/mol. The average molecular weight is 275 g/mol. The lowest BCUT2D eigenvalue weighted by molar-refractivity contribution is 0.0577. The fraction of sp³-hybridized carbons (Fsp3) is 0.500. The molecule has 108 valence electrons. The Balaban J connectivity index is 2.48. The van der Waals surface area contributed by atoms with Crippen molar-refractivity contribution in [3.8, 4) is 11.3 Å². The highest BCUT2D eigenvalue weighted by Crippen LogP contribution is 2.26. The van der Waals surface area contributed by atoms with Crippen LogP contribution in [-0.4, -0.2) is 33.9 Å². The molecule has 2 aromatic rings. The van der Waals surface area contributed by atoms with E-state index in [-0.39, 0.29) is 6.10 Å². The Morgan fingerprint density at radius 1 is 1.30 bits per heavy atom.